The number of pyridine rings is 1. The molecule has 0 saturated carbocycles. The molecule has 0 amide bonds. The van der Waals surface area contributed by atoms with Crippen LogP contribution in [0.1, 0.15) is 43.1 Å². The average molecular weight is 377 g/mol. The molecule has 2 unspecified atom stereocenters. The van der Waals surface area contributed by atoms with Crippen molar-refractivity contribution in [3.8, 4) is 5.69 Å². The Bertz CT molecular complexity index is 891. The number of unbranched alkanes of at least 4 members (excludes halogenated alkanes) is 1. The van der Waals surface area contributed by atoms with Crippen molar-refractivity contribution in [1.29, 1.82) is 0 Å². The molecule has 2 atom stereocenters. The maximum atomic E-state index is 5.69. The summed E-state index contributed by atoms with van der Waals surface area (Å²) in [6.07, 6.45) is 8.45. The molecular formula is C22H24N4S. The van der Waals surface area contributed by atoms with Crippen molar-refractivity contribution in [2.24, 2.45) is 0 Å². The van der Waals surface area contributed by atoms with Gasteiger partial charge in [-0.25, -0.2) is 0 Å². The Balaban J connectivity index is 1.70. The van der Waals surface area contributed by atoms with Gasteiger partial charge in [-0.2, -0.15) is 0 Å². The van der Waals surface area contributed by atoms with Crippen LogP contribution < -0.4 is 5.32 Å². The number of hydrogen-bond acceptors (Lipinski definition) is 2. The first-order valence-electron chi connectivity index (χ1n) is 9.49. The SMILES string of the molecule is CCCCN1C(=S)NC(c2ccccn2)C1c1ccn(-c2ccccc2)c1. The van der Waals surface area contributed by atoms with E-state index in [-0.39, 0.29) is 12.1 Å². The number of benzene rings is 1. The lowest BCUT2D eigenvalue weighted by molar-refractivity contribution is 0.313. The molecule has 0 aliphatic carbocycles. The molecule has 1 aliphatic rings. The molecule has 0 radical (unpaired) electrons. The quantitative estimate of drug-likeness (QED) is 0.635. The lowest BCUT2D eigenvalue weighted by Gasteiger charge is -2.27. The summed E-state index contributed by atoms with van der Waals surface area (Å²) < 4.78 is 2.17. The van der Waals surface area contributed by atoms with Gasteiger partial charge in [0.2, 0.25) is 0 Å². The van der Waals surface area contributed by atoms with Crippen LogP contribution in [0, 0.1) is 0 Å². The van der Waals surface area contributed by atoms with Gasteiger partial charge in [-0.1, -0.05) is 37.6 Å². The third-order valence-corrected chi connectivity index (χ3v) is 5.41. The van der Waals surface area contributed by atoms with Crippen molar-refractivity contribution < 1.29 is 0 Å². The second-order valence-electron chi connectivity index (χ2n) is 6.86. The van der Waals surface area contributed by atoms with Crippen LogP contribution in [-0.4, -0.2) is 26.1 Å². The van der Waals surface area contributed by atoms with Gasteiger partial charge in [0, 0.05) is 30.8 Å². The molecule has 0 spiro atoms. The van der Waals surface area contributed by atoms with Gasteiger partial charge in [-0.05, 0) is 54.5 Å². The van der Waals surface area contributed by atoms with Crippen molar-refractivity contribution in [1.82, 2.24) is 19.8 Å². The standard InChI is InChI=1S/C22H24N4S/c1-2-3-14-26-21(20(24-22(26)27)19-11-7-8-13-23-19)17-12-15-25(16-17)18-9-5-4-6-10-18/h4-13,15-16,20-21H,2-3,14H2,1H3,(H,24,27). The summed E-state index contributed by atoms with van der Waals surface area (Å²) >= 11 is 5.69. The molecule has 1 N–H and O–H groups in total. The van der Waals surface area contributed by atoms with E-state index in [1.807, 2.05) is 24.4 Å². The van der Waals surface area contributed by atoms with Gasteiger partial charge in [0.05, 0.1) is 17.8 Å². The fourth-order valence-electron chi connectivity index (χ4n) is 3.69. The topological polar surface area (TPSA) is 33.1 Å². The molecule has 3 heterocycles. The van der Waals surface area contributed by atoms with Crippen molar-refractivity contribution >= 4 is 17.3 Å². The third kappa shape index (κ3) is 3.60. The highest BCUT2D eigenvalue weighted by atomic mass is 32.1. The Labute approximate surface area is 165 Å². The van der Waals surface area contributed by atoms with Crippen LogP contribution in [-0.2, 0) is 0 Å². The summed E-state index contributed by atoms with van der Waals surface area (Å²) in [5, 5.41) is 4.33. The van der Waals surface area contributed by atoms with E-state index in [0.717, 1.165) is 35.9 Å². The van der Waals surface area contributed by atoms with E-state index in [2.05, 4.69) is 75.5 Å². The normalized spacial score (nSPS) is 19.3. The Morgan fingerprint density at radius 1 is 1.07 bits per heavy atom. The van der Waals surface area contributed by atoms with Crippen molar-refractivity contribution in [3.63, 3.8) is 0 Å². The first-order valence-corrected chi connectivity index (χ1v) is 9.90. The molecule has 0 bridgehead atoms. The number of hydrogen-bond donors (Lipinski definition) is 1. The van der Waals surface area contributed by atoms with Crippen molar-refractivity contribution in [2.75, 3.05) is 6.54 Å². The number of nitrogens with one attached hydrogen (secondary N) is 1. The van der Waals surface area contributed by atoms with Gasteiger partial charge in [-0.15, -0.1) is 0 Å². The van der Waals surface area contributed by atoms with Crippen LogP contribution in [0.25, 0.3) is 5.69 Å². The zero-order valence-electron chi connectivity index (χ0n) is 15.5. The Hall–Kier alpha value is -2.66. The molecule has 138 valence electrons. The maximum Gasteiger partial charge on any atom is 0.170 e. The summed E-state index contributed by atoms with van der Waals surface area (Å²) in [7, 11) is 0. The first-order chi connectivity index (χ1) is 13.3. The molecule has 4 rings (SSSR count). The van der Waals surface area contributed by atoms with E-state index < -0.39 is 0 Å². The fraction of sp³-hybridized carbons (Fsp3) is 0.273. The van der Waals surface area contributed by atoms with Crippen LogP contribution in [0.2, 0.25) is 0 Å². The van der Waals surface area contributed by atoms with Crippen LogP contribution >= 0.6 is 12.2 Å². The molecule has 1 saturated heterocycles. The van der Waals surface area contributed by atoms with Crippen molar-refractivity contribution in [3.05, 3.63) is 84.4 Å². The lowest BCUT2D eigenvalue weighted by Crippen LogP contribution is -2.30. The minimum Gasteiger partial charge on any atom is -0.352 e. The number of nitrogens with zero attached hydrogens (tertiary/aromatic N) is 3. The first kappa shape index (κ1) is 17.7. The molecule has 27 heavy (non-hydrogen) atoms. The number of rotatable bonds is 6. The van der Waals surface area contributed by atoms with Crippen LogP contribution in [0.15, 0.2) is 73.2 Å². The fourth-order valence-corrected chi connectivity index (χ4v) is 4.02. The minimum atomic E-state index is 0.0576. The summed E-state index contributed by atoms with van der Waals surface area (Å²) in [6, 6.07) is 18.9. The van der Waals surface area contributed by atoms with E-state index in [0.29, 0.717) is 0 Å². The zero-order chi connectivity index (χ0) is 18.6. The van der Waals surface area contributed by atoms with Gasteiger partial charge in [0.1, 0.15) is 0 Å². The third-order valence-electron chi connectivity index (χ3n) is 5.06. The van der Waals surface area contributed by atoms with Gasteiger partial charge in [0.15, 0.2) is 5.11 Å². The molecule has 1 fully saturated rings. The van der Waals surface area contributed by atoms with Gasteiger partial charge >= 0.3 is 0 Å². The van der Waals surface area contributed by atoms with Gasteiger partial charge in [-0.3, -0.25) is 4.98 Å². The van der Waals surface area contributed by atoms with Crippen LogP contribution in [0.5, 0.6) is 0 Å². The summed E-state index contributed by atoms with van der Waals surface area (Å²) in [5.41, 5.74) is 3.43. The van der Waals surface area contributed by atoms with Crippen LogP contribution in [0.3, 0.4) is 0 Å². The monoisotopic (exact) mass is 376 g/mol. The highest BCUT2D eigenvalue weighted by Gasteiger charge is 2.39. The van der Waals surface area contributed by atoms with E-state index in [4.69, 9.17) is 12.2 Å². The van der Waals surface area contributed by atoms with Gasteiger partial charge < -0.3 is 14.8 Å². The van der Waals surface area contributed by atoms with Crippen molar-refractivity contribution in [2.45, 2.75) is 31.8 Å². The van der Waals surface area contributed by atoms with E-state index in [1.165, 1.54) is 5.56 Å². The Morgan fingerprint density at radius 2 is 1.89 bits per heavy atom. The number of para-hydroxylation sites is 1. The molecular weight excluding hydrogens is 352 g/mol. The predicted octanol–water partition coefficient (Wildman–Crippen LogP) is 4.64. The second kappa shape index (κ2) is 7.92. The summed E-state index contributed by atoms with van der Waals surface area (Å²) in [5.74, 6) is 0. The van der Waals surface area contributed by atoms with E-state index in [1.54, 1.807) is 0 Å². The lowest BCUT2D eigenvalue weighted by atomic mass is 9.99. The number of aromatic nitrogens is 2. The minimum absolute atomic E-state index is 0.0576. The summed E-state index contributed by atoms with van der Waals surface area (Å²) in [6.45, 7) is 3.16. The average Bonchev–Trinajstić information content (AvgIpc) is 3.32. The van der Waals surface area contributed by atoms with Crippen LogP contribution in [0.4, 0.5) is 0 Å². The molecule has 3 aromatic rings. The Morgan fingerprint density at radius 3 is 2.63 bits per heavy atom. The Kier molecular flexibility index (Phi) is 5.21. The van der Waals surface area contributed by atoms with E-state index in [9.17, 15) is 0 Å². The highest BCUT2D eigenvalue weighted by Crippen LogP contribution is 2.39. The molecule has 1 aromatic carbocycles. The zero-order valence-corrected chi connectivity index (χ0v) is 16.3. The highest BCUT2D eigenvalue weighted by molar-refractivity contribution is 7.80. The molecule has 2 aromatic heterocycles. The smallest absolute Gasteiger partial charge is 0.170 e. The largest absolute Gasteiger partial charge is 0.352 e. The number of thiocarbonyl (C=S) groups is 1. The van der Waals surface area contributed by atoms with Gasteiger partial charge in [0.25, 0.3) is 0 Å². The predicted molar refractivity (Wildman–Crippen MR) is 113 cm³/mol. The molecule has 5 heteroatoms. The maximum absolute atomic E-state index is 5.69. The second-order valence-corrected chi connectivity index (χ2v) is 7.25. The molecule has 4 nitrogen and oxygen atoms in total. The summed E-state index contributed by atoms with van der Waals surface area (Å²) in [4.78, 5) is 6.92. The van der Waals surface area contributed by atoms with E-state index >= 15 is 0 Å². The molecule has 1 aliphatic heterocycles.